The molecule has 0 aliphatic rings. The summed E-state index contributed by atoms with van der Waals surface area (Å²) in [5.74, 6) is 0. The Hall–Kier alpha value is -0.860. The molecule has 0 radical (unpaired) electrons. The minimum atomic E-state index is -0.221. The average molecular weight is 194 g/mol. The normalized spacial score (nSPS) is 12.8. The van der Waals surface area contributed by atoms with Gasteiger partial charge in [-0.05, 0) is 30.9 Å². The Morgan fingerprint density at radius 2 is 2.07 bits per heavy atom. The fraction of sp³-hybridized carbons (Fsp3) is 0.500. The molecule has 0 fully saturated rings. The summed E-state index contributed by atoms with van der Waals surface area (Å²) >= 11 is 0. The molecule has 1 rings (SSSR count). The molecule has 14 heavy (non-hydrogen) atoms. The Bertz CT molecular complexity index is 269. The molecular formula is C12H18O2. The number of hydrogen-bond donors (Lipinski definition) is 1. The number of aliphatic hydroxyl groups is 1. The lowest BCUT2D eigenvalue weighted by Crippen LogP contribution is -2.01. The van der Waals surface area contributed by atoms with Crippen LogP contribution in [0.5, 0.6) is 0 Å². The van der Waals surface area contributed by atoms with Crippen LogP contribution in [0.3, 0.4) is 0 Å². The lowest BCUT2D eigenvalue weighted by molar-refractivity contribution is 0.183. The Morgan fingerprint density at radius 3 is 2.71 bits per heavy atom. The summed E-state index contributed by atoms with van der Waals surface area (Å²) in [5, 5.41) is 9.16. The van der Waals surface area contributed by atoms with Crippen LogP contribution in [0.25, 0.3) is 0 Å². The summed E-state index contributed by atoms with van der Waals surface area (Å²) in [4.78, 5) is 0. The van der Waals surface area contributed by atoms with Crippen molar-refractivity contribution in [1.29, 1.82) is 0 Å². The molecule has 0 saturated carbocycles. The minimum absolute atomic E-state index is 0.221. The van der Waals surface area contributed by atoms with Crippen LogP contribution < -0.4 is 0 Å². The van der Waals surface area contributed by atoms with E-state index in [0.717, 1.165) is 12.8 Å². The van der Waals surface area contributed by atoms with Gasteiger partial charge in [-0.3, -0.25) is 0 Å². The van der Waals surface area contributed by atoms with Crippen LogP contribution in [-0.2, 0) is 17.8 Å². The predicted molar refractivity (Wildman–Crippen MR) is 57.2 cm³/mol. The van der Waals surface area contributed by atoms with Crippen LogP contribution >= 0.6 is 0 Å². The van der Waals surface area contributed by atoms with Gasteiger partial charge in [-0.25, -0.2) is 0 Å². The van der Waals surface area contributed by atoms with E-state index >= 15 is 0 Å². The largest absolute Gasteiger partial charge is 0.393 e. The SMILES string of the molecule is COCc1cccc(CC[C@@H](C)O)c1. The molecule has 1 atom stereocenters. The Balaban J connectivity index is 2.54. The zero-order valence-electron chi connectivity index (χ0n) is 8.86. The van der Waals surface area contributed by atoms with Crippen LogP contribution in [0, 0.1) is 0 Å². The second-order valence-corrected chi connectivity index (χ2v) is 3.64. The smallest absolute Gasteiger partial charge is 0.0713 e. The first-order valence-corrected chi connectivity index (χ1v) is 4.97. The van der Waals surface area contributed by atoms with Gasteiger partial charge in [0.1, 0.15) is 0 Å². The van der Waals surface area contributed by atoms with E-state index < -0.39 is 0 Å². The monoisotopic (exact) mass is 194 g/mol. The van der Waals surface area contributed by atoms with Crippen LogP contribution in [0.15, 0.2) is 24.3 Å². The van der Waals surface area contributed by atoms with Crippen molar-refractivity contribution >= 4 is 0 Å². The third-order valence-electron chi connectivity index (χ3n) is 2.15. The van der Waals surface area contributed by atoms with E-state index in [1.807, 2.05) is 13.0 Å². The molecule has 2 nitrogen and oxygen atoms in total. The predicted octanol–water partition coefficient (Wildman–Crippen LogP) is 2.15. The highest BCUT2D eigenvalue weighted by molar-refractivity contribution is 5.23. The lowest BCUT2D eigenvalue weighted by Gasteiger charge is -2.06. The van der Waals surface area contributed by atoms with Crippen molar-refractivity contribution in [3.8, 4) is 0 Å². The van der Waals surface area contributed by atoms with E-state index in [0.29, 0.717) is 6.61 Å². The van der Waals surface area contributed by atoms with E-state index in [-0.39, 0.29) is 6.10 Å². The average Bonchev–Trinajstić information content (AvgIpc) is 2.16. The fourth-order valence-corrected chi connectivity index (χ4v) is 1.42. The highest BCUT2D eigenvalue weighted by Gasteiger charge is 1.99. The van der Waals surface area contributed by atoms with Gasteiger partial charge in [0.05, 0.1) is 12.7 Å². The first kappa shape index (κ1) is 11.2. The molecule has 2 heteroatoms. The standard InChI is InChI=1S/C12H18O2/c1-10(13)6-7-11-4-3-5-12(8-11)9-14-2/h3-5,8,10,13H,6-7,9H2,1-2H3/t10-/m1/s1. The van der Waals surface area contributed by atoms with Crippen LogP contribution in [0.1, 0.15) is 24.5 Å². The Labute approximate surface area is 85.5 Å². The maximum Gasteiger partial charge on any atom is 0.0713 e. The molecule has 0 aliphatic carbocycles. The molecule has 0 spiro atoms. The van der Waals surface area contributed by atoms with E-state index in [4.69, 9.17) is 9.84 Å². The van der Waals surface area contributed by atoms with Crippen molar-refractivity contribution in [2.45, 2.75) is 32.5 Å². The highest BCUT2D eigenvalue weighted by Crippen LogP contribution is 2.09. The zero-order valence-corrected chi connectivity index (χ0v) is 8.86. The van der Waals surface area contributed by atoms with Crippen molar-refractivity contribution in [2.75, 3.05) is 7.11 Å². The molecule has 1 aromatic carbocycles. The van der Waals surface area contributed by atoms with Gasteiger partial charge in [0, 0.05) is 7.11 Å². The van der Waals surface area contributed by atoms with Crippen LogP contribution in [0.4, 0.5) is 0 Å². The van der Waals surface area contributed by atoms with Crippen molar-refractivity contribution in [3.63, 3.8) is 0 Å². The second kappa shape index (κ2) is 5.78. The molecule has 0 amide bonds. The maximum absolute atomic E-state index is 9.16. The fourth-order valence-electron chi connectivity index (χ4n) is 1.42. The summed E-state index contributed by atoms with van der Waals surface area (Å²) in [7, 11) is 1.70. The maximum atomic E-state index is 9.16. The van der Waals surface area contributed by atoms with Gasteiger partial charge in [0.2, 0.25) is 0 Å². The van der Waals surface area contributed by atoms with E-state index in [1.54, 1.807) is 7.11 Å². The molecule has 1 N–H and O–H groups in total. The third kappa shape index (κ3) is 3.90. The topological polar surface area (TPSA) is 29.5 Å². The number of rotatable bonds is 5. The summed E-state index contributed by atoms with van der Waals surface area (Å²) in [6, 6.07) is 8.30. The van der Waals surface area contributed by atoms with Gasteiger partial charge in [-0.1, -0.05) is 24.3 Å². The molecule has 0 heterocycles. The van der Waals surface area contributed by atoms with Crippen molar-refractivity contribution in [1.82, 2.24) is 0 Å². The third-order valence-corrected chi connectivity index (χ3v) is 2.15. The van der Waals surface area contributed by atoms with Gasteiger partial charge < -0.3 is 9.84 Å². The summed E-state index contributed by atoms with van der Waals surface area (Å²) in [6.07, 6.45) is 1.52. The summed E-state index contributed by atoms with van der Waals surface area (Å²) in [6.45, 7) is 2.47. The van der Waals surface area contributed by atoms with Crippen molar-refractivity contribution in [2.24, 2.45) is 0 Å². The molecule has 78 valence electrons. The lowest BCUT2D eigenvalue weighted by atomic mass is 10.1. The van der Waals surface area contributed by atoms with E-state index in [2.05, 4.69) is 18.2 Å². The van der Waals surface area contributed by atoms with Crippen LogP contribution in [0.2, 0.25) is 0 Å². The van der Waals surface area contributed by atoms with Crippen molar-refractivity contribution in [3.05, 3.63) is 35.4 Å². The Morgan fingerprint density at radius 1 is 1.36 bits per heavy atom. The molecule has 0 bridgehead atoms. The highest BCUT2D eigenvalue weighted by atomic mass is 16.5. The number of aryl methyl sites for hydroxylation is 1. The van der Waals surface area contributed by atoms with E-state index in [9.17, 15) is 0 Å². The van der Waals surface area contributed by atoms with Gasteiger partial charge in [0.25, 0.3) is 0 Å². The minimum Gasteiger partial charge on any atom is -0.393 e. The van der Waals surface area contributed by atoms with Gasteiger partial charge in [-0.2, -0.15) is 0 Å². The zero-order chi connectivity index (χ0) is 10.4. The van der Waals surface area contributed by atoms with Gasteiger partial charge in [0.15, 0.2) is 0 Å². The van der Waals surface area contributed by atoms with Crippen LogP contribution in [-0.4, -0.2) is 18.3 Å². The summed E-state index contributed by atoms with van der Waals surface area (Å²) in [5.41, 5.74) is 2.45. The number of methoxy groups -OCH3 is 1. The van der Waals surface area contributed by atoms with Gasteiger partial charge in [-0.15, -0.1) is 0 Å². The molecule has 0 saturated heterocycles. The summed E-state index contributed by atoms with van der Waals surface area (Å²) < 4.78 is 5.06. The number of hydrogen-bond acceptors (Lipinski definition) is 2. The quantitative estimate of drug-likeness (QED) is 0.778. The first-order valence-electron chi connectivity index (χ1n) is 4.97. The van der Waals surface area contributed by atoms with E-state index in [1.165, 1.54) is 11.1 Å². The Kier molecular flexibility index (Phi) is 4.63. The number of ether oxygens (including phenoxy) is 1. The number of benzene rings is 1. The molecule has 0 aliphatic heterocycles. The molecule has 0 aromatic heterocycles. The van der Waals surface area contributed by atoms with Gasteiger partial charge >= 0.3 is 0 Å². The molecular weight excluding hydrogens is 176 g/mol. The number of aliphatic hydroxyl groups excluding tert-OH is 1. The molecule has 0 unspecified atom stereocenters. The van der Waals surface area contributed by atoms with Crippen molar-refractivity contribution < 1.29 is 9.84 Å². The molecule has 1 aromatic rings. The second-order valence-electron chi connectivity index (χ2n) is 3.64. The first-order chi connectivity index (χ1) is 6.72.